The Kier molecular flexibility index (Phi) is 3.03. The average molecular weight is 243 g/mol. The van der Waals surface area contributed by atoms with Crippen molar-refractivity contribution in [3.05, 3.63) is 0 Å². The summed E-state index contributed by atoms with van der Waals surface area (Å²) in [7, 11) is 1.83. The summed E-state index contributed by atoms with van der Waals surface area (Å²) in [6, 6.07) is 0. The molecule has 2 aliphatic rings. The van der Waals surface area contributed by atoms with Crippen molar-refractivity contribution in [2.24, 2.45) is 0 Å². The first kappa shape index (κ1) is 11.6. The lowest BCUT2D eigenvalue weighted by atomic mass is 10.1. The van der Waals surface area contributed by atoms with Crippen LogP contribution in [-0.4, -0.2) is 40.4 Å². The maximum atomic E-state index is 11.9. The van der Waals surface area contributed by atoms with Gasteiger partial charge in [0.1, 0.15) is 5.66 Å². The molecule has 0 bridgehead atoms. The second-order valence-corrected chi connectivity index (χ2v) is 4.59. The Morgan fingerprint density at radius 2 is 2.19 bits per heavy atom. The van der Waals surface area contributed by atoms with Crippen molar-refractivity contribution in [3.8, 4) is 0 Å². The maximum Gasteiger partial charge on any atom is 0.417 e. The van der Waals surface area contributed by atoms with E-state index in [9.17, 15) is 4.79 Å². The van der Waals surface area contributed by atoms with E-state index in [0.29, 0.717) is 11.7 Å². The largest absolute Gasteiger partial charge is 0.449 e. The average Bonchev–Trinajstić information content (AvgIpc) is 2.75. The van der Waals surface area contributed by atoms with Crippen LogP contribution in [0.5, 0.6) is 0 Å². The molecule has 0 atom stereocenters. The molecule has 1 saturated carbocycles. The van der Waals surface area contributed by atoms with Gasteiger partial charge in [-0.2, -0.15) is 0 Å². The van der Waals surface area contributed by atoms with E-state index in [1.54, 1.807) is 16.8 Å². The van der Waals surface area contributed by atoms with Gasteiger partial charge < -0.3 is 4.74 Å². The summed E-state index contributed by atoms with van der Waals surface area (Å²) in [4.78, 5) is 13.5. The topological polar surface area (TPSA) is 44.8 Å². The summed E-state index contributed by atoms with van der Waals surface area (Å²) in [5.74, 6) is 0. The molecule has 6 heteroatoms. The lowest BCUT2D eigenvalue weighted by Gasteiger charge is -2.31. The van der Waals surface area contributed by atoms with Gasteiger partial charge >= 0.3 is 6.09 Å². The smallest absolute Gasteiger partial charge is 0.417 e. The molecule has 1 N–H and O–H groups in total. The molecule has 1 heterocycles. The van der Waals surface area contributed by atoms with Crippen LogP contribution < -0.4 is 5.43 Å². The first-order chi connectivity index (χ1) is 7.60. The molecule has 1 aliphatic heterocycles. The predicted molar refractivity (Wildman–Crippen MR) is 63.6 cm³/mol. The van der Waals surface area contributed by atoms with Crippen LogP contribution in [0.4, 0.5) is 4.79 Å². The zero-order chi connectivity index (χ0) is 11.8. The minimum absolute atomic E-state index is 0.335. The molecule has 0 radical (unpaired) electrons. The number of hydrogen-bond donors (Lipinski definition) is 1. The van der Waals surface area contributed by atoms with E-state index in [1.165, 1.54) is 0 Å². The first-order valence-corrected chi connectivity index (χ1v) is 6.04. The van der Waals surface area contributed by atoms with Gasteiger partial charge in [-0.3, -0.25) is 5.01 Å². The Hall–Kier alpha value is -0.880. The molecule has 0 aromatic rings. The number of nitrogens with one attached hydrogen (secondary N) is 1. The summed E-state index contributed by atoms with van der Waals surface area (Å²) >= 11 is 5.25. The van der Waals surface area contributed by atoms with Crippen molar-refractivity contribution in [1.82, 2.24) is 15.3 Å². The van der Waals surface area contributed by atoms with Crippen LogP contribution in [0, 0.1) is 0 Å². The van der Waals surface area contributed by atoms with Crippen LogP contribution in [0.25, 0.3) is 0 Å². The lowest BCUT2D eigenvalue weighted by Crippen LogP contribution is -2.53. The van der Waals surface area contributed by atoms with E-state index < -0.39 is 0 Å². The van der Waals surface area contributed by atoms with E-state index in [1.807, 2.05) is 7.05 Å². The van der Waals surface area contributed by atoms with Crippen molar-refractivity contribution in [2.45, 2.75) is 38.3 Å². The Morgan fingerprint density at radius 3 is 2.75 bits per heavy atom. The van der Waals surface area contributed by atoms with Gasteiger partial charge in [-0.1, -0.05) is 0 Å². The third-order valence-corrected chi connectivity index (χ3v) is 3.62. The molecule has 16 heavy (non-hydrogen) atoms. The first-order valence-electron chi connectivity index (χ1n) is 5.63. The number of rotatable bonds is 1. The Morgan fingerprint density at radius 1 is 1.56 bits per heavy atom. The molecule has 0 unspecified atom stereocenters. The Bertz CT molecular complexity index is 315. The van der Waals surface area contributed by atoms with Crippen LogP contribution in [0.3, 0.4) is 0 Å². The fourth-order valence-electron chi connectivity index (χ4n) is 2.48. The highest BCUT2D eigenvalue weighted by atomic mass is 32.1. The highest BCUT2D eigenvalue weighted by Crippen LogP contribution is 2.37. The minimum Gasteiger partial charge on any atom is -0.449 e. The summed E-state index contributed by atoms with van der Waals surface area (Å²) in [5.41, 5.74) is 2.95. The number of nitrogens with zero attached hydrogens (tertiary/aromatic N) is 2. The molecule has 1 aliphatic carbocycles. The molecule has 0 aromatic heterocycles. The van der Waals surface area contributed by atoms with Crippen LogP contribution in [0.15, 0.2) is 0 Å². The third kappa shape index (κ3) is 1.66. The van der Waals surface area contributed by atoms with Crippen molar-refractivity contribution in [2.75, 3.05) is 13.7 Å². The van der Waals surface area contributed by atoms with Crippen LogP contribution >= 0.6 is 12.2 Å². The number of carbonyl (C=O) groups is 1. The minimum atomic E-state index is -0.341. The number of hydrogen-bond acceptors (Lipinski definition) is 4. The Balaban J connectivity index is 2.24. The van der Waals surface area contributed by atoms with E-state index in [4.69, 9.17) is 17.0 Å². The molecular weight excluding hydrogens is 226 g/mol. The van der Waals surface area contributed by atoms with Gasteiger partial charge in [0.05, 0.1) is 6.61 Å². The van der Waals surface area contributed by atoms with Crippen LogP contribution in [-0.2, 0) is 4.74 Å². The summed E-state index contributed by atoms with van der Waals surface area (Å²) in [6.07, 6.45) is 3.73. The summed E-state index contributed by atoms with van der Waals surface area (Å²) in [6.45, 7) is 2.17. The summed E-state index contributed by atoms with van der Waals surface area (Å²) < 4.78 is 5.06. The van der Waals surface area contributed by atoms with Crippen molar-refractivity contribution in [1.29, 1.82) is 0 Å². The zero-order valence-electron chi connectivity index (χ0n) is 9.65. The van der Waals surface area contributed by atoms with Gasteiger partial charge in [-0.25, -0.2) is 15.1 Å². The number of hydrazine groups is 1. The maximum absolute atomic E-state index is 11.9. The van der Waals surface area contributed by atoms with E-state index in [0.717, 1.165) is 25.7 Å². The second-order valence-electron chi connectivity index (χ2n) is 4.23. The number of amides is 1. The highest BCUT2D eigenvalue weighted by molar-refractivity contribution is 7.80. The fourth-order valence-corrected chi connectivity index (χ4v) is 2.77. The summed E-state index contributed by atoms with van der Waals surface area (Å²) in [5, 5.41) is 2.23. The van der Waals surface area contributed by atoms with Gasteiger partial charge in [0.15, 0.2) is 5.11 Å². The van der Waals surface area contributed by atoms with E-state index in [2.05, 4.69) is 5.43 Å². The molecule has 5 nitrogen and oxygen atoms in total. The van der Waals surface area contributed by atoms with Crippen LogP contribution in [0.2, 0.25) is 0 Å². The molecule has 90 valence electrons. The fraction of sp³-hybridized carbons (Fsp3) is 0.800. The van der Waals surface area contributed by atoms with Crippen molar-refractivity contribution in [3.63, 3.8) is 0 Å². The lowest BCUT2D eigenvalue weighted by molar-refractivity contribution is 0.0852. The van der Waals surface area contributed by atoms with Crippen LogP contribution in [0.1, 0.15) is 32.6 Å². The zero-order valence-corrected chi connectivity index (χ0v) is 10.5. The molecular formula is C10H17N3O2S. The van der Waals surface area contributed by atoms with Gasteiger partial charge in [0.2, 0.25) is 0 Å². The normalized spacial score (nSPS) is 23.2. The molecule has 2 rings (SSSR count). The monoisotopic (exact) mass is 243 g/mol. The predicted octanol–water partition coefficient (Wildman–Crippen LogP) is 1.45. The second kappa shape index (κ2) is 4.18. The molecule has 0 aromatic carbocycles. The number of carbonyl (C=O) groups excluding carboxylic acids is 1. The molecule has 1 saturated heterocycles. The van der Waals surface area contributed by atoms with Gasteiger partial charge in [-0.05, 0) is 44.8 Å². The van der Waals surface area contributed by atoms with Crippen molar-refractivity contribution >= 4 is 23.4 Å². The van der Waals surface area contributed by atoms with E-state index >= 15 is 0 Å². The van der Waals surface area contributed by atoms with Crippen molar-refractivity contribution < 1.29 is 9.53 Å². The van der Waals surface area contributed by atoms with Gasteiger partial charge in [0, 0.05) is 7.05 Å². The third-order valence-electron chi connectivity index (χ3n) is 3.16. The quantitative estimate of drug-likeness (QED) is 0.706. The van der Waals surface area contributed by atoms with E-state index in [-0.39, 0.29) is 11.8 Å². The molecule has 1 amide bonds. The standard InChI is InChI=1S/C10H17N3O2S/c1-3-15-9(14)13-8(16)12(2)11-10(13)6-4-5-7-10/h11H,3-7H2,1-2H3. The van der Waals surface area contributed by atoms with Gasteiger partial charge in [0.25, 0.3) is 0 Å². The molecule has 1 spiro atoms. The highest BCUT2D eigenvalue weighted by Gasteiger charge is 2.51. The number of ether oxygens (including phenoxy) is 1. The molecule has 2 fully saturated rings. The SMILES string of the molecule is CCOC(=O)N1C(=S)N(C)NC12CCCC2. The number of thiocarbonyl (C=S) groups is 1. The van der Waals surface area contributed by atoms with Gasteiger partial charge in [-0.15, -0.1) is 0 Å². The Labute approximate surface area is 101 Å².